The first-order valence-electron chi connectivity index (χ1n) is 41.4. The van der Waals surface area contributed by atoms with Crippen LogP contribution in [0.5, 0.6) is 0 Å². The molecule has 1 aliphatic rings. The number of nitrogens with two attached hydrogens (primary N) is 5. The normalized spacial score (nSPS) is 14.6. The fourth-order valence-corrected chi connectivity index (χ4v) is 13.2. The van der Waals surface area contributed by atoms with E-state index in [4.69, 9.17) is 55.0 Å². The van der Waals surface area contributed by atoms with E-state index in [9.17, 15) is 77.0 Å². The van der Waals surface area contributed by atoms with Crippen LogP contribution in [0.25, 0.3) is 11.1 Å². The van der Waals surface area contributed by atoms with E-state index in [0.717, 1.165) is 22.3 Å². The van der Waals surface area contributed by atoms with Crippen molar-refractivity contribution < 1.29 is 81.8 Å². The molecule has 0 spiro atoms. The van der Waals surface area contributed by atoms with Gasteiger partial charge in [-0.15, -0.1) is 0 Å². The summed E-state index contributed by atoms with van der Waals surface area (Å²) in [5, 5.41) is 84.3. The van der Waals surface area contributed by atoms with Gasteiger partial charge in [0.25, 0.3) is 0 Å². The highest BCUT2D eigenvalue weighted by atomic mass is 16.5. The SMILES string of the molecule is CC[C@H](C)[C@H](NC(=O)[C@H](CCCNC(=N)N)NC(=O)[C@H](CCCNC(=N)N)NC(=O)[C@H](C)NC(=O)[C@@H](NC(=O)[C@H](C)NC(=O)[C@H](CC(C)C)NC(=O)[C@H](CCCNC(=N)N)NC(=O)[C@H](CCCNC(=N)N)NC(=O)[C@H](CC(C)C)NC(=O)[C@H](CC(N)=O)NC(=O)CNC(=O)OCC1c2ccccc2-c2ccccc21)C(C)C)C(=O)N[C@@H](CC(C)C)C(=O)O. The van der Waals surface area contributed by atoms with Crippen molar-refractivity contribution in [2.75, 3.05) is 39.3 Å². The number of ether oxygens (including phenoxy) is 1. The molecule has 0 saturated carbocycles. The summed E-state index contributed by atoms with van der Waals surface area (Å²) in [6, 6.07) is -1.88. The van der Waals surface area contributed by atoms with E-state index in [1.807, 2.05) is 48.5 Å². The molecular weight excluding hydrogens is 1600 g/mol. The fraction of sp³-hybridized carbons (Fsp3) is 0.613. The van der Waals surface area contributed by atoms with Crippen LogP contribution in [0.3, 0.4) is 0 Å². The number of carbonyl (C=O) groups is 15. The van der Waals surface area contributed by atoms with Crippen LogP contribution < -0.4 is 119 Å². The van der Waals surface area contributed by atoms with Crippen LogP contribution in [0, 0.1) is 51.2 Å². The first kappa shape index (κ1) is 105. The molecule has 0 aliphatic heterocycles. The molecule has 123 heavy (non-hydrogen) atoms. The number of primary amides is 1. The standard InChI is InChI=1S/C80H132N26O17/c1-13-44(10)63(74(119)104-59(75(120)121)36-42(6)7)106-69(114)55(29-21-33-93-79(88)89)100-66(111)52(26-18-30-90-76(82)83)98-64(109)45(11)96-73(118)62(43(8)9)105-65(110)46(12)95-70(115)56(34-40(2)3)102-68(113)54(28-20-32-92-78(86)87)99-67(112)53(27-19-31-91-77(84)85)101-71(116)57(35-41(4)5)103-72(117)58(37-60(81)107)97-61(108)38-94-80(122)123-39-51-49-24-16-14-22-47(49)48-23-15-17-25-50(48)51/h14-17,22-25,40-46,51-59,62-63H,13,18-21,26-39H2,1-12H3,(H2,81,107)(H,94,122)(H,95,115)(H,96,118)(H,97,108)(H,98,109)(H,99,112)(H,100,111)(H,101,116)(H,102,113)(H,103,117)(H,104,119)(H,105,110)(H,106,114)(H,120,121)(H4,82,83,90)(H4,84,85,91)(H4,86,87,92)(H4,88,89,93)/t44-,45-,46-,52-,53-,54-,55-,56-,57-,58-,59-,62-,63-/m0/s1. The molecule has 0 aromatic heterocycles. The lowest BCUT2D eigenvalue weighted by atomic mass is 9.96. The Morgan fingerprint density at radius 3 is 1.07 bits per heavy atom. The fourth-order valence-electron chi connectivity index (χ4n) is 13.2. The van der Waals surface area contributed by atoms with Gasteiger partial charge in [0.2, 0.25) is 76.8 Å². The zero-order chi connectivity index (χ0) is 92.5. The zero-order valence-electron chi connectivity index (χ0n) is 72.3. The van der Waals surface area contributed by atoms with Gasteiger partial charge in [0.1, 0.15) is 85.7 Å². The summed E-state index contributed by atoms with van der Waals surface area (Å²) in [6.07, 6.45) is -1.65. The molecule has 0 saturated heterocycles. The summed E-state index contributed by atoms with van der Waals surface area (Å²) in [4.78, 5) is 208. The second-order valence-corrected chi connectivity index (χ2v) is 32.1. The van der Waals surface area contributed by atoms with Gasteiger partial charge in [-0.3, -0.25) is 84.0 Å². The van der Waals surface area contributed by atoms with E-state index >= 15 is 0 Å². The Balaban J connectivity index is 1.85. The monoisotopic (exact) mass is 1730 g/mol. The summed E-state index contributed by atoms with van der Waals surface area (Å²) >= 11 is 0. The van der Waals surface area contributed by atoms with Gasteiger partial charge in [0.15, 0.2) is 23.8 Å². The lowest BCUT2D eigenvalue weighted by molar-refractivity contribution is -0.143. The number of hydrogen-bond acceptors (Lipinski definition) is 20. The minimum atomic E-state index is -1.69. The van der Waals surface area contributed by atoms with Gasteiger partial charge in [0, 0.05) is 32.1 Å². The number of carbonyl (C=O) groups excluding carboxylic acids is 14. The lowest BCUT2D eigenvalue weighted by Crippen LogP contribution is -2.61. The first-order chi connectivity index (χ1) is 57.8. The Labute approximate surface area is 716 Å². The Kier molecular flexibility index (Phi) is 45.2. The summed E-state index contributed by atoms with van der Waals surface area (Å²) in [6.45, 7) is 19.0. The number of aliphatic carboxylic acids is 1. The maximum atomic E-state index is 14.7. The Morgan fingerprint density at radius 1 is 0.382 bits per heavy atom. The molecule has 13 atom stereocenters. The number of rotatable bonds is 55. The van der Waals surface area contributed by atoms with Gasteiger partial charge in [-0.25, -0.2) is 9.59 Å². The number of hydrogen-bond donors (Lipinski definition) is 27. The third-order valence-electron chi connectivity index (χ3n) is 19.8. The number of nitrogens with one attached hydrogen (secondary N) is 21. The number of fused-ring (bicyclic) bond motifs is 3. The number of guanidine groups is 4. The molecule has 43 nitrogen and oxygen atoms in total. The molecule has 0 bridgehead atoms. The van der Waals surface area contributed by atoms with Gasteiger partial charge < -0.3 is 129 Å². The molecule has 2 aromatic rings. The number of carboxylic acid groups (broad SMARTS) is 1. The van der Waals surface area contributed by atoms with Crippen molar-refractivity contribution in [1.82, 2.24) is 90.4 Å². The van der Waals surface area contributed by atoms with Crippen LogP contribution >= 0.6 is 0 Å². The van der Waals surface area contributed by atoms with Gasteiger partial charge in [-0.2, -0.15) is 0 Å². The Bertz CT molecular complexity index is 3950. The van der Waals surface area contributed by atoms with Gasteiger partial charge in [-0.1, -0.05) is 124 Å². The minimum absolute atomic E-state index is 0.0125. The van der Waals surface area contributed by atoms with Crippen LogP contribution in [0.4, 0.5) is 4.79 Å². The van der Waals surface area contributed by atoms with Crippen molar-refractivity contribution in [3.63, 3.8) is 0 Å². The van der Waals surface area contributed by atoms with E-state index < -0.39 is 204 Å². The summed E-state index contributed by atoms with van der Waals surface area (Å²) in [7, 11) is 0. The van der Waals surface area contributed by atoms with Gasteiger partial charge in [0.05, 0.1) is 6.42 Å². The molecule has 0 radical (unpaired) electrons. The van der Waals surface area contributed by atoms with E-state index in [2.05, 4.69) is 90.4 Å². The largest absolute Gasteiger partial charge is 0.480 e. The van der Waals surface area contributed by atoms with Crippen LogP contribution in [0.2, 0.25) is 0 Å². The van der Waals surface area contributed by atoms with Crippen molar-refractivity contribution in [2.45, 2.75) is 245 Å². The average Bonchev–Trinajstić information content (AvgIpc) is 1.61. The number of alkyl carbamates (subject to hydrolysis) is 1. The molecular formula is C80H132N26O17. The molecule has 32 N–H and O–H groups in total. The molecule has 2 aromatic carbocycles. The van der Waals surface area contributed by atoms with Crippen LogP contribution in [-0.4, -0.2) is 230 Å². The highest BCUT2D eigenvalue weighted by Gasteiger charge is 2.39. The van der Waals surface area contributed by atoms with Crippen molar-refractivity contribution in [3.05, 3.63) is 59.7 Å². The predicted octanol–water partition coefficient (Wildman–Crippen LogP) is -2.76. The third kappa shape index (κ3) is 38.3. The third-order valence-corrected chi connectivity index (χ3v) is 19.8. The van der Waals surface area contributed by atoms with Crippen molar-refractivity contribution in [2.24, 2.45) is 58.3 Å². The average molecular weight is 1730 g/mol. The van der Waals surface area contributed by atoms with E-state index in [0.29, 0.717) is 6.42 Å². The maximum absolute atomic E-state index is 14.7. The maximum Gasteiger partial charge on any atom is 0.407 e. The predicted molar refractivity (Wildman–Crippen MR) is 458 cm³/mol. The summed E-state index contributed by atoms with van der Waals surface area (Å²) in [5.41, 5.74) is 31.5. The van der Waals surface area contributed by atoms with E-state index in [1.165, 1.54) is 13.8 Å². The van der Waals surface area contributed by atoms with Crippen molar-refractivity contribution >= 4 is 113 Å². The summed E-state index contributed by atoms with van der Waals surface area (Å²) in [5.74, 6) is -17.1. The highest BCUT2D eigenvalue weighted by Crippen LogP contribution is 2.44. The van der Waals surface area contributed by atoms with Crippen LogP contribution in [0.1, 0.15) is 184 Å². The van der Waals surface area contributed by atoms with E-state index in [1.54, 1.807) is 69.2 Å². The first-order valence-corrected chi connectivity index (χ1v) is 41.4. The van der Waals surface area contributed by atoms with Crippen molar-refractivity contribution in [1.29, 1.82) is 21.6 Å². The molecule has 43 heteroatoms. The van der Waals surface area contributed by atoms with Gasteiger partial charge >= 0.3 is 12.1 Å². The molecule has 1 aliphatic carbocycles. The smallest absolute Gasteiger partial charge is 0.407 e. The molecule has 0 fully saturated rings. The van der Waals surface area contributed by atoms with E-state index in [-0.39, 0.29) is 133 Å². The molecule has 14 amide bonds. The second kappa shape index (κ2) is 53.2. The molecule has 0 unspecified atom stereocenters. The summed E-state index contributed by atoms with van der Waals surface area (Å²) < 4.78 is 5.53. The highest BCUT2D eigenvalue weighted by molar-refractivity contribution is 6.00. The topological polar surface area (TPSA) is 716 Å². The minimum Gasteiger partial charge on any atom is -0.480 e. The van der Waals surface area contributed by atoms with Gasteiger partial charge in [-0.05, 0) is 136 Å². The Hall–Kier alpha value is -12.6. The quantitative estimate of drug-likeness (QED) is 0.0181. The molecule has 0 heterocycles. The second-order valence-electron chi connectivity index (χ2n) is 32.1. The van der Waals surface area contributed by atoms with Crippen LogP contribution in [0.15, 0.2) is 48.5 Å². The van der Waals surface area contributed by atoms with Crippen molar-refractivity contribution in [3.8, 4) is 11.1 Å². The lowest BCUT2D eigenvalue weighted by Gasteiger charge is -2.29. The zero-order valence-corrected chi connectivity index (χ0v) is 72.3. The van der Waals surface area contributed by atoms with Crippen LogP contribution in [-0.2, 0) is 71.9 Å². The number of amides is 14. The molecule has 3 rings (SSSR count). The number of carboxylic acids is 1. The Morgan fingerprint density at radius 2 is 0.699 bits per heavy atom. The molecule has 684 valence electrons. The number of benzene rings is 2.